The lowest BCUT2D eigenvalue weighted by atomic mass is 9.99. The largest absolute Gasteiger partial charge is 0.416 e. The Bertz CT molecular complexity index is 793. The third kappa shape index (κ3) is 3.34. The number of anilines is 1. The molecule has 0 saturated heterocycles. The number of carbonyl (C=O) groups is 1. The summed E-state index contributed by atoms with van der Waals surface area (Å²) in [5.74, 6) is -0.250. The number of alkyl halides is 3. The second kappa shape index (κ2) is 6.14. The molecule has 1 aliphatic rings. The first-order chi connectivity index (χ1) is 11.3. The highest BCUT2D eigenvalue weighted by Crippen LogP contribution is 2.35. The standard InChI is InChI=1S/C17H16F3N3O/c1-22-11-12(10-21-22)4-7-16(24)23-8-2-3-13-9-14(17(18,19)20)5-6-15(13)23/h4-7,9-11H,2-3,8H2,1H3/b7-4+. The van der Waals surface area contributed by atoms with Crippen molar-refractivity contribution in [1.29, 1.82) is 0 Å². The van der Waals surface area contributed by atoms with Crippen molar-refractivity contribution in [3.05, 3.63) is 53.4 Å². The maximum Gasteiger partial charge on any atom is 0.416 e. The fraction of sp³-hybridized carbons (Fsp3) is 0.294. The van der Waals surface area contributed by atoms with E-state index in [0.29, 0.717) is 30.6 Å². The number of nitrogens with zero attached hydrogens (tertiary/aromatic N) is 3. The lowest BCUT2D eigenvalue weighted by molar-refractivity contribution is -0.137. The quantitative estimate of drug-likeness (QED) is 0.789. The van der Waals surface area contributed by atoms with Gasteiger partial charge in [-0.2, -0.15) is 18.3 Å². The summed E-state index contributed by atoms with van der Waals surface area (Å²) in [5, 5.41) is 4.01. The highest BCUT2D eigenvalue weighted by molar-refractivity contribution is 6.04. The number of hydrogen-bond acceptors (Lipinski definition) is 2. The average Bonchev–Trinajstić information content (AvgIpc) is 2.96. The number of hydrogen-bond donors (Lipinski definition) is 0. The molecule has 0 radical (unpaired) electrons. The Morgan fingerprint density at radius 3 is 2.79 bits per heavy atom. The molecule has 0 atom stereocenters. The van der Waals surface area contributed by atoms with Crippen LogP contribution in [0.3, 0.4) is 0 Å². The number of carbonyl (C=O) groups excluding carboxylic acids is 1. The van der Waals surface area contributed by atoms with Gasteiger partial charge in [0.2, 0.25) is 0 Å². The fourth-order valence-electron chi connectivity index (χ4n) is 2.79. The minimum atomic E-state index is -4.37. The van der Waals surface area contributed by atoms with Crippen molar-refractivity contribution in [1.82, 2.24) is 9.78 Å². The molecule has 1 aromatic carbocycles. The highest BCUT2D eigenvalue weighted by atomic mass is 19.4. The first-order valence-electron chi connectivity index (χ1n) is 7.53. The summed E-state index contributed by atoms with van der Waals surface area (Å²) in [6.07, 6.45) is 3.27. The molecule has 0 saturated carbocycles. The van der Waals surface area contributed by atoms with Crippen LogP contribution in [0, 0.1) is 0 Å². The molecule has 126 valence electrons. The van der Waals surface area contributed by atoms with Crippen molar-refractivity contribution in [3.8, 4) is 0 Å². The minimum Gasteiger partial charge on any atom is -0.309 e. The predicted octanol–water partition coefficient (Wildman–Crippen LogP) is 3.43. The number of rotatable bonds is 2. The molecule has 0 fully saturated rings. The van der Waals surface area contributed by atoms with E-state index in [-0.39, 0.29) is 5.91 Å². The van der Waals surface area contributed by atoms with E-state index < -0.39 is 11.7 Å². The molecule has 0 N–H and O–H groups in total. The molecule has 0 aliphatic carbocycles. The summed E-state index contributed by atoms with van der Waals surface area (Å²) in [4.78, 5) is 13.9. The number of aromatic nitrogens is 2. The first kappa shape index (κ1) is 16.3. The number of benzene rings is 1. The molecule has 1 aliphatic heterocycles. The molecular weight excluding hydrogens is 319 g/mol. The van der Waals surface area contributed by atoms with E-state index in [2.05, 4.69) is 5.10 Å². The van der Waals surface area contributed by atoms with Gasteiger partial charge in [-0.1, -0.05) is 0 Å². The van der Waals surface area contributed by atoms with Crippen molar-refractivity contribution in [2.24, 2.45) is 7.05 Å². The summed E-state index contributed by atoms with van der Waals surface area (Å²) in [7, 11) is 1.78. The zero-order chi connectivity index (χ0) is 17.3. The molecule has 0 unspecified atom stereocenters. The number of fused-ring (bicyclic) bond motifs is 1. The van der Waals surface area contributed by atoms with Gasteiger partial charge >= 0.3 is 6.18 Å². The summed E-state index contributed by atoms with van der Waals surface area (Å²) in [6.45, 7) is 0.495. The van der Waals surface area contributed by atoms with Crippen LogP contribution in [0.15, 0.2) is 36.7 Å². The van der Waals surface area contributed by atoms with E-state index in [4.69, 9.17) is 0 Å². The van der Waals surface area contributed by atoms with Crippen LogP contribution in [0.4, 0.5) is 18.9 Å². The number of amides is 1. The van der Waals surface area contributed by atoms with E-state index in [9.17, 15) is 18.0 Å². The van der Waals surface area contributed by atoms with Crippen LogP contribution in [0.2, 0.25) is 0 Å². The monoisotopic (exact) mass is 335 g/mol. The van der Waals surface area contributed by atoms with Crippen molar-refractivity contribution in [2.75, 3.05) is 11.4 Å². The van der Waals surface area contributed by atoms with Gasteiger partial charge in [0.25, 0.3) is 5.91 Å². The van der Waals surface area contributed by atoms with Gasteiger partial charge in [-0.15, -0.1) is 0 Å². The Morgan fingerprint density at radius 1 is 1.33 bits per heavy atom. The predicted molar refractivity (Wildman–Crippen MR) is 84.4 cm³/mol. The van der Waals surface area contributed by atoms with Crippen LogP contribution in [-0.4, -0.2) is 22.2 Å². The Kier molecular flexibility index (Phi) is 4.17. The van der Waals surface area contributed by atoms with Crippen LogP contribution >= 0.6 is 0 Å². The summed E-state index contributed by atoms with van der Waals surface area (Å²) in [6, 6.07) is 3.54. The van der Waals surface area contributed by atoms with Gasteiger partial charge in [0.05, 0.1) is 11.8 Å². The fourth-order valence-corrected chi connectivity index (χ4v) is 2.79. The van der Waals surface area contributed by atoms with Gasteiger partial charge in [0.1, 0.15) is 0 Å². The van der Waals surface area contributed by atoms with Gasteiger partial charge in [-0.05, 0) is 42.7 Å². The lowest BCUT2D eigenvalue weighted by Gasteiger charge is -2.29. The molecule has 2 aromatic rings. The molecular formula is C17H16F3N3O. The number of halogens is 3. The molecule has 3 rings (SSSR count). The third-order valence-corrected chi connectivity index (χ3v) is 3.93. The minimum absolute atomic E-state index is 0.250. The van der Waals surface area contributed by atoms with Gasteiger partial charge in [-0.25, -0.2) is 0 Å². The highest BCUT2D eigenvalue weighted by Gasteiger charge is 2.32. The molecule has 4 nitrogen and oxygen atoms in total. The van der Waals surface area contributed by atoms with Crippen molar-refractivity contribution < 1.29 is 18.0 Å². The van der Waals surface area contributed by atoms with Crippen LogP contribution in [0.1, 0.15) is 23.1 Å². The average molecular weight is 335 g/mol. The molecule has 1 aromatic heterocycles. The van der Waals surface area contributed by atoms with E-state index in [1.54, 1.807) is 30.2 Å². The summed E-state index contributed by atoms with van der Waals surface area (Å²) in [5.41, 5.74) is 1.21. The smallest absolute Gasteiger partial charge is 0.309 e. The number of aryl methyl sites for hydroxylation is 2. The van der Waals surface area contributed by atoms with Gasteiger partial charge in [0, 0.05) is 37.1 Å². The zero-order valence-corrected chi connectivity index (χ0v) is 13.0. The molecule has 7 heteroatoms. The summed E-state index contributed by atoms with van der Waals surface area (Å²) < 4.78 is 40.1. The Balaban J connectivity index is 1.83. The van der Waals surface area contributed by atoms with E-state index in [1.165, 1.54) is 17.0 Å². The van der Waals surface area contributed by atoms with Crippen molar-refractivity contribution >= 4 is 17.7 Å². The van der Waals surface area contributed by atoms with Crippen molar-refractivity contribution in [2.45, 2.75) is 19.0 Å². The first-order valence-corrected chi connectivity index (χ1v) is 7.53. The molecule has 1 amide bonds. The van der Waals surface area contributed by atoms with Crippen LogP contribution < -0.4 is 4.90 Å². The van der Waals surface area contributed by atoms with Crippen LogP contribution in [-0.2, 0) is 24.4 Å². The Morgan fingerprint density at radius 2 is 2.12 bits per heavy atom. The second-order valence-electron chi connectivity index (χ2n) is 5.72. The van der Waals surface area contributed by atoms with Gasteiger partial charge < -0.3 is 4.90 Å². The SMILES string of the molecule is Cn1cc(/C=C/C(=O)N2CCCc3cc(C(F)(F)F)ccc32)cn1. The lowest BCUT2D eigenvalue weighted by Crippen LogP contribution is -2.34. The van der Waals surface area contributed by atoms with Gasteiger partial charge in [0.15, 0.2) is 0 Å². The van der Waals surface area contributed by atoms with E-state index in [0.717, 1.165) is 17.7 Å². The molecule has 0 bridgehead atoms. The topological polar surface area (TPSA) is 38.1 Å². The Labute approximate surface area is 137 Å². The normalized spacial score (nSPS) is 14.9. The van der Waals surface area contributed by atoms with E-state index in [1.807, 2.05) is 0 Å². The maximum atomic E-state index is 12.8. The van der Waals surface area contributed by atoms with E-state index >= 15 is 0 Å². The maximum absolute atomic E-state index is 12.8. The molecule has 24 heavy (non-hydrogen) atoms. The summed E-state index contributed by atoms with van der Waals surface area (Å²) >= 11 is 0. The second-order valence-corrected chi connectivity index (χ2v) is 5.72. The van der Waals surface area contributed by atoms with Crippen LogP contribution in [0.25, 0.3) is 6.08 Å². The van der Waals surface area contributed by atoms with Crippen LogP contribution in [0.5, 0.6) is 0 Å². The van der Waals surface area contributed by atoms with Crippen molar-refractivity contribution in [3.63, 3.8) is 0 Å². The molecule has 2 heterocycles. The molecule has 0 spiro atoms. The third-order valence-electron chi connectivity index (χ3n) is 3.93. The Hall–Kier alpha value is -2.57. The zero-order valence-electron chi connectivity index (χ0n) is 13.0. The van der Waals surface area contributed by atoms with Gasteiger partial charge in [-0.3, -0.25) is 9.48 Å².